The molecule has 0 saturated carbocycles. The van der Waals surface area contributed by atoms with Gasteiger partial charge in [0.05, 0.1) is 17.1 Å². The monoisotopic (exact) mass is 313 g/mol. The quantitative estimate of drug-likeness (QED) is 0.472. The van der Waals surface area contributed by atoms with Crippen molar-refractivity contribution in [2.45, 2.75) is 13.3 Å². The molecule has 8 heteroatoms. The van der Waals surface area contributed by atoms with Gasteiger partial charge in [-0.1, -0.05) is 11.6 Å². The molecule has 1 saturated heterocycles. The van der Waals surface area contributed by atoms with Gasteiger partial charge in [-0.05, 0) is 13.3 Å². The average Bonchev–Trinajstić information content (AvgIpc) is 2.97. The number of rotatable bonds is 5. The number of pyridine rings is 1. The van der Waals surface area contributed by atoms with Gasteiger partial charge < -0.3 is 9.64 Å². The maximum absolute atomic E-state index is 12.5. The largest absolute Gasteiger partial charge is 0.381 e. The molecule has 0 radical (unpaired) electrons. The Bertz CT molecular complexity index is 546. The number of ether oxygens (including phenoxy) is 1. The number of amides is 1. The minimum absolute atomic E-state index is 0.0216. The molecule has 21 heavy (non-hydrogen) atoms. The molecule has 1 aliphatic rings. The molecule has 1 atom stereocenters. The number of halogens is 1. The van der Waals surface area contributed by atoms with E-state index in [1.165, 1.54) is 6.07 Å². The summed E-state index contributed by atoms with van der Waals surface area (Å²) in [7, 11) is 0. The van der Waals surface area contributed by atoms with Crippen molar-refractivity contribution < 1.29 is 14.5 Å². The number of carbonyl (C=O) groups is 1. The van der Waals surface area contributed by atoms with Crippen molar-refractivity contribution >= 4 is 23.2 Å². The van der Waals surface area contributed by atoms with Crippen LogP contribution in [0.15, 0.2) is 12.3 Å². The van der Waals surface area contributed by atoms with E-state index in [4.69, 9.17) is 16.3 Å². The maximum atomic E-state index is 12.5. The molecule has 1 aromatic heterocycles. The molecular weight excluding hydrogens is 298 g/mol. The van der Waals surface area contributed by atoms with E-state index in [2.05, 4.69) is 4.98 Å². The predicted octanol–water partition coefficient (Wildman–Crippen LogP) is 2.14. The molecule has 2 heterocycles. The highest BCUT2D eigenvalue weighted by atomic mass is 35.5. The summed E-state index contributed by atoms with van der Waals surface area (Å²) >= 11 is 5.91. The van der Waals surface area contributed by atoms with Gasteiger partial charge in [0, 0.05) is 31.7 Å². The third-order valence-corrected chi connectivity index (χ3v) is 3.74. The number of aromatic nitrogens is 1. The molecule has 1 unspecified atom stereocenters. The highest BCUT2D eigenvalue weighted by Crippen LogP contribution is 2.22. The molecule has 1 fully saturated rings. The van der Waals surface area contributed by atoms with Gasteiger partial charge in [-0.25, -0.2) is 4.98 Å². The highest BCUT2D eigenvalue weighted by Gasteiger charge is 2.25. The summed E-state index contributed by atoms with van der Waals surface area (Å²) in [6.45, 7) is 4.23. The molecule has 0 spiro atoms. The lowest BCUT2D eigenvalue weighted by molar-refractivity contribution is -0.385. The van der Waals surface area contributed by atoms with Crippen molar-refractivity contribution in [3.63, 3.8) is 0 Å². The fourth-order valence-electron chi connectivity index (χ4n) is 2.25. The first kappa shape index (κ1) is 15.7. The fraction of sp³-hybridized carbons (Fsp3) is 0.538. The van der Waals surface area contributed by atoms with E-state index in [-0.39, 0.29) is 22.3 Å². The molecule has 1 aromatic rings. The standard InChI is InChI=1S/C13H16ClN3O4/c1-2-16(7-9-3-4-21-8-9)13(18)11-5-10(17(19)20)6-15-12(11)14/h5-6,9H,2-4,7-8H2,1H3. The predicted molar refractivity (Wildman–Crippen MR) is 76.4 cm³/mol. The first-order valence-electron chi connectivity index (χ1n) is 6.69. The van der Waals surface area contributed by atoms with Crippen molar-refractivity contribution in [2.75, 3.05) is 26.3 Å². The van der Waals surface area contributed by atoms with Crippen LogP contribution in [0.4, 0.5) is 5.69 Å². The van der Waals surface area contributed by atoms with E-state index in [0.717, 1.165) is 12.6 Å². The van der Waals surface area contributed by atoms with Gasteiger partial charge >= 0.3 is 0 Å². The summed E-state index contributed by atoms with van der Waals surface area (Å²) in [5.41, 5.74) is -0.186. The smallest absolute Gasteiger partial charge is 0.288 e. The summed E-state index contributed by atoms with van der Waals surface area (Å²) in [6.07, 6.45) is 1.95. The third kappa shape index (κ3) is 3.68. The van der Waals surface area contributed by atoms with Gasteiger partial charge in [-0.3, -0.25) is 14.9 Å². The second-order valence-corrected chi connectivity index (χ2v) is 5.22. The van der Waals surface area contributed by atoms with Crippen LogP contribution in [0.25, 0.3) is 0 Å². The summed E-state index contributed by atoms with van der Waals surface area (Å²) in [5, 5.41) is 10.8. The summed E-state index contributed by atoms with van der Waals surface area (Å²) in [5.74, 6) is -0.0510. The van der Waals surface area contributed by atoms with Gasteiger partial charge in [0.1, 0.15) is 11.3 Å². The van der Waals surface area contributed by atoms with Crippen LogP contribution < -0.4 is 0 Å². The zero-order valence-electron chi connectivity index (χ0n) is 11.6. The summed E-state index contributed by atoms with van der Waals surface area (Å²) in [4.78, 5) is 28.0. The van der Waals surface area contributed by atoms with Gasteiger partial charge in [-0.2, -0.15) is 0 Å². The van der Waals surface area contributed by atoms with Crippen LogP contribution in [0.5, 0.6) is 0 Å². The lowest BCUT2D eigenvalue weighted by atomic mass is 10.1. The molecule has 0 aliphatic carbocycles. The average molecular weight is 314 g/mol. The van der Waals surface area contributed by atoms with Crippen molar-refractivity contribution in [3.8, 4) is 0 Å². The summed E-state index contributed by atoms with van der Waals surface area (Å²) < 4.78 is 5.30. The SMILES string of the molecule is CCN(CC1CCOC1)C(=O)c1cc([N+](=O)[O-])cnc1Cl. The van der Waals surface area contributed by atoms with Crippen LogP contribution in [0.2, 0.25) is 5.15 Å². The Balaban J connectivity index is 2.19. The van der Waals surface area contributed by atoms with Gasteiger partial charge in [0.2, 0.25) is 0 Å². The normalized spacial score (nSPS) is 17.7. The molecule has 0 aromatic carbocycles. The minimum atomic E-state index is -0.596. The van der Waals surface area contributed by atoms with E-state index >= 15 is 0 Å². The van der Waals surface area contributed by atoms with Crippen LogP contribution in [-0.2, 0) is 4.74 Å². The molecule has 2 rings (SSSR count). The van der Waals surface area contributed by atoms with Crippen molar-refractivity contribution in [1.29, 1.82) is 0 Å². The number of carbonyl (C=O) groups excluding carboxylic acids is 1. The van der Waals surface area contributed by atoms with E-state index < -0.39 is 4.92 Å². The molecule has 114 valence electrons. The van der Waals surface area contributed by atoms with E-state index in [1.54, 1.807) is 4.90 Å². The zero-order chi connectivity index (χ0) is 15.4. The van der Waals surface area contributed by atoms with Crippen molar-refractivity contribution in [3.05, 3.63) is 33.1 Å². The maximum Gasteiger partial charge on any atom is 0.288 e. The Morgan fingerprint density at radius 3 is 3.00 bits per heavy atom. The molecule has 0 bridgehead atoms. The van der Waals surface area contributed by atoms with Crippen LogP contribution >= 0.6 is 11.6 Å². The number of nitro groups is 1. The third-order valence-electron chi connectivity index (χ3n) is 3.44. The molecule has 1 amide bonds. The Morgan fingerprint density at radius 2 is 2.43 bits per heavy atom. The Labute approximate surface area is 127 Å². The van der Waals surface area contributed by atoms with Crippen LogP contribution in [-0.4, -0.2) is 47.0 Å². The zero-order valence-corrected chi connectivity index (χ0v) is 12.4. The topological polar surface area (TPSA) is 85.6 Å². The number of nitrogens with zero attached hydrogens (tertiary/aromatic N) is 3. The molecule has 0 N–H and O–H groups in total. The fourth-order valence-corrected chi connectivity index (χ4v) is 2.44. The second kappa shape index (κ2) is 6.82. The lowest BCUT2D eigenvalue weighted by Crippen LogP contribution is -2.35. The van der Waals surface area contributed by atoms with Gasteiger partial charge in [-0.15, -0.1) is 0 Å². The number of hydrogen-bond donors (Lipinski definition) is 0. The Kier molecular flexibility index (Phi) is 5.08. The molecular formula is C13H16ClN3O4. The Hall–Kier alpha value is -1.73. The first-order valence-corrected chi connectivity index (χ1v) is 7.07. The minimum Gasteiger partial charge on any atom is -0.381 e. The van der Waals surface area contributed by atoms with Crippen LogP contribution in [0.1, 0.15) is 23.7 Å². The van der Waals surface area contributed by atoms with Crippen LogP contribution in [0, 0.1) is 16.0 Å². The van der Waals surface area contributed by atoms with E-state index in [1.807, 2.05) is 6.92 Å². The van der Waals surface area contributed by atoms with Gasteiger partial charge in [0.15, 0.2) is 0 Å². The first-order chi connectivity index (χ1) is 10.0. The van der Waals surface area contributed by atoms with Crippen LogP contribution in [0.3, 0.4) is 0 Å². The Morgan fingerprint density at radius 1 is 1.67 bits per heavy atom. The van der Waals surface area contributed by atoms with E-state index in [9.17, 15) is 14.9 Å². The number of hydrogen-bond acceptors (Lipinski definition) is 5. The molecule has 1 aliphatic heterocycles. The summed E-state index contributed by atoms with van der Waals surface area (Å²) in [6, 6.07) is 1.17. The van der Waals surface area contributed by atoms with Gasteiger partial charge in [0.25, 0.3) is 11.6 Å². The van der Waals surface area contributed by atoms with Crippen molar-refractivity contribution in [2.24, 2.45) is 5.92 Å². The lowest BCUT2D eigenvalue weighted by Gasteiger charge is -2.23. The highest BCUT2D eigenvalue weighted by molar-refractivity contribution is 6.32. The van der Waals surface area contributed by atoms with E-state index in [0.29, 0.717) is 32.2 Å². The second-order valence-electron chi connectivity index (χ2n) is 4.86. The molecule has 7 nitrogen and oxygen atoms in total. The van der Waals surface area contributed by atoms with Crippen molar-refractivity contribution in [1.82, 2.24) is 9.88 Å².